The quantitative estimate of drug-likeness (QED) is 0.640. The van der Waals surface area contributed by atoms with Crippen LogP contribution in [0.3, 0.4) is 0 Å². The summed E-state index contributed by atoms with van der Waals surface area (Å²) in [5, 5.41) is 0. The molecular formula is C13H15FN4. The molecule has 18 heavy (non-hydrogen) atoms. The Morgan fingerprint density at radius 2 is 1.78 bits per heavy atom. The molecule has 0 fully saturated rings. The van der Waals surface area contributed by atoms with Crippen molar-refractivity contribution < 1.29 is 4.39 Å². The predicted molar refractivity (Wildman–Crippen MR) is 67.1 cm³/mol. The molecule has 0 radical (unpaired) electrons. The molecule has 2 rings (SSSR count). The van der Waals surface area contributed by atoms with Crippen LogP contribution in [0.15, 0.2) is 30.6 Å². The normalized spacial score (nSPS) is 12.4. The first-order chi connectivity index (χ1) is 8.60. The van der Waals surface area contributed by atoms with E-state index in [1.807, 2.05) is 26.0 Å². The zero-order valence-electron chi connectivity index (χ0n) is 10.3. The lowest BCUT2D eigenvalue weighted by Gasteiger charge is -2.17. The molecule has 0 aliphatic carbocycles. The average molecular weight is 246 g/mol. The van der Waals surface area contributed by atoms with Gasteiger partial charge in [0.2, 0.25) is 0 Å². The van der Waals surface area contributed by atoms with Crippen LogP contribution in [0.4, 0.5) is 4.39 Å². The van der Waals surface area contributed by atoms with Crippen molar-refractivity contribution in [3.63, 3.8) is 0 Å². The van der Waals surface area contributed by atoms with Crippen molar-refractivity contribution in [1.29, 1.82) is 0 Å². The monoisotopic (exact) mass is 246 g/mol. The second kappa shape index (κ2) is 5.20. The van der Waals surface area contributed by atoms with Gasteiger partial charge in [-0.05, 0) is 43.2 Å². The Labute approximate surface area is 105 Å². The lowest BCUT2D eigenvalue weighted by atomic mass is 10.0. The van der Waals surface area contributed by atoms with Gasteiger partial charge in [0.25, 0.3) is 0 Å². The largest absolute Gasteiger partial charge is 0.271 e. The molecule has 2 aromatic rings. The number of aryl methyl sites for hydroxylation is 2. The van der Waals surface area contributed by atoms with Gasteiger partial charge in [0.15, 0.2) is 0 Å². The zero-order valence-corrected chi connectivity index (χ0v) is 10.3. The van der Waals surface area contributed by atoms with Crippen LogP contribution < -0.4 is 11.3 Å². The van der Waals surface area contributed by atoms with Gasteiger partial charge >= 0.3 is 0 Å². The van der Waals surface area contributed by atoms with Crippen LogP contribution in [0, 0.1) is 19.7 Å². The summed E-state index contributed by atoms with van der Waals surface area (Å²) in [4.78, 5) is 8.14. The highest BCUT2D eigenvalue weighted by atomic mass is 19.1. The number of aromatic nitrogens is 2. The summed E-state index contributed by atoms with van der Waals surface area (Å²) < 4.78 is 13.2. The molecule has 2 aromatic heterocycles. The van der Waals surface area contributed by atoms with Crippen molar-refractivity contribution in [1.82, 2.24) is 15.4 Å². The molecular weight excluding hydrogens is 231 g/mol. The Morgan fingerprint density at radius 1 is 1.11 bits per heavy atom. The Balaban J connectivity index is 2.45. The first kappa shape index (κ1) is 12.6. The lowest BCUT2D eigenvalue weighted by molar-refractivity contribution is 0.597. The van der Waals surface area contributed by atoms with Crippen LogP contribution >= 0.6 is 0 Å². The van der Waals surface area contributed by atoms with Gasteiger partial charge in [0.1, 0.15) is 5.82 Å². The summed E-state index contributed by atoms with van der Waals surface area (Å²) in [6, 6.07) is 4.96. The summed E-state index contributed by atoms with van der Waals surface area (Å²) in [5.74, 6) is 5.19. The predicted octanol–water partition coefficient (Wildman–Crippen LogP) is 1.79. The molecule has 3 N–H and O–H groups in total. The number of pyridine rings is 2. The van der Waals surface area contributed by atoms with Crippen molar-refractivity contribution >= 4 is 0 Å². The minimum Gasteiger partial charge on any atom is -0.271 e. The van der Waals surface area contributed by atoms with E-state index in [0.29, 0.717) is 5.56 Å². The molecule has 0 aliphatic heterocycles. The molecule has 4 nitrogen and oxygen atoms in total. The minimum absolute atomic E-state index is 0.298. The third-order valence-corrected chi connectivity index (χ3v) is 2.66. The first-order valence-electron chi connectivity index (χ1n) is 5.62. The number of hydrogen-bond donors (Lipinski definition) is 2. The average Bonchev–Trinajstić information content (AvgIpc) is 2.28. The van der Waals surface area contributed by atoms with Crippen LogP contribution in [0.5, 0.6) is 0 Å². The summed E-state index contributed by atoms with van der Waals surface area (Å²) in [7, 11) is 0. The van der Waals surface area contributed by atoms with E-state index in [9.17, 15) is 4.39 Å². The number of rotatable bonds is 3. The Kier molecular flexibility index (Phi) is 3.64. The second-order valence-electron chi connectivity index (χ2n) is 4.22. The van der Waals surface area contributed by atoms with Crippen LogP contribution in [-0.4, -0.2) is 9.97 Å². The molecule has 94 valence electrons. The summed E-state index contributed by atoms with van der Waals surface area (Å²) in [6.07, 6.45) is 2.76. The van der Waals surface area contributed by atoms with Crippen molar-refractivity contribution in [2.75, 3.05) is 0 Å². The molecule has 0 spiro atoms. The van der Waals surface area contributed by atoms with Crippen molar-refractivity contribution in [2.24, 2.45) is 5.84 Å². The number of halogens is 1. The van der Waals surface area contributed by atoms with Crippen molar-refractivity contribution in [3.8, 4) is 0 Å². The third-order valence-electron chi connectivity index (χ3n) is 2.66. The van der Waals surface area contributed by atoms with E-state index in [1.54, 1.807) is 6.20 Å². The van der Waals surface area contributed by atoms with E-state index in [2.05, 4.69) is 15.4 Å². The summed E-state index contributed by atoms with van der Waals surface area (Å²) in [5.41, 5.74) is 6.10. The van der Waals surface area contributed by atoms with Crippen LogP contribution in [0.1, 0.15) is 28.6 Å². The first-order valence-corrected chi connectivity index (χ1v) is 5.62. The molecule has 1 atom stereocenters. The van der Waals surface area contributed by atoms with Gasteiger partial charge in [-0.3, -0.25) is 15.8 Å². The minimum atomic E-state index is -0.379. The van der Waals surface area contributed by atoms with E-state index in [1.165, 1.54) is 12.3 Å². The molecule has 0 saturated heterocycles. The van der Waals surface area contributed by atoms with Crippen LogP contribution in [0.2, 0.25) is 0 Å². The lowest BCUT2D eigenvalue weighted by Crippen LogP contribution is -2.29. The van der Waals surface area contributed by atoms with Gasteiger partial charge in [-0.2, -0.15) is 0 Å². The maximum atomic E-state index is 13.2. The van der Waals surface area contributed by atoms with Gasteiger partial charge in [-0.15, -0.1) is 0 Å². The van der Waals surface area contributed by atoms with Crippen molar-refractivity contribution in [2.45, 2.75) is 19.9 Å². The Hall–Kier alpha value is -1.85. The molecule has 0 saturated carbocycles. The second-order valence-corrected chi connectivity index (χ2v) is 4.22. The van der Waals surface area contributed by atoms with Gasteiger partial charge in [0.05, 0.1) is 12.2 Å². The van der Waals surface area contributed by atoms with E-state index >= 15 is 0 Å². The fourth-order valence-electron chi connectivity index (χ4n) is 2.00. The third kappa shape index (κ3) is 2.69. The Morgan fingerprint density at radius 3 is 2.33 bits per heavy atom. The van der Waals surface area contributed by atoms with Crippen LogP contribution in [-0.2, 0) is 0 Å². The highest BCUT2D eigenvalue weighted by Gasteiger charge is 2.14. The van der Waals surface area contributed by atoms with Gasteiger partial charge in [-0.1, -0.05) is 0 Å². The molecule has 0 bridgehead atoms. The Bertz CT molecular complexity index is 536. The number of nitrogens with two attached hydrogens (primary N) is 1. The topological polar surface area (TPSA) is 63.8 Å². The number of hydrazine groups is 1. The summed E-state index contributed by atoms with van der Waals surface area (Å²) in [6.45, 7) is 3.82. The van der Waals surface area contributed by atoms with Gasteiger partial charge in [-0.25, -0.2) is 9.82 Å². The molecule has 5 heteroatoms. The van der Waals surface area contributed by atoms with Crippen LogP contribution in [0.25, 0.3) is 0 Å². The van der Waals surface area contributed by atoms with E-state index < -0.39 is 0 Å². The van der Waals surface area contributed by atoms with Gasteiger partial charge in [0, 0.05) is 17.6 Å². The number of nitrogens with one attached hydrogen (secondary N) is 1. The molecule has 0 aromatic carbocycles. The molecule has 2 heterocycles. The van der Waals surface area contributed by atoms with E-state index in [0.717, 1.165) is 17.0 Å². The fraction of sp³-hybridized carbons (Fsp3) is 0.231. The highest BCUT2D eigenvalue weighted by Crippen LogP contribution is 2.22. The van der Waals surface area contributed by atoms with Crippen molar-refractivity contribution in [3.05, 3.63) is 58.9 Å². The van der Waals surface area contributed by atoms with Gasteiger partial charge < -0.3 is 0 Å². The van der Waals surface area contributed by atoms with E-state index in [-0.39, 0.29) is 11.9 Å². The smallest absolute Gasteiger partial charge is 0.141 e. The fourth-order valence-corrected chi connectivity index (χ4v) is 2.00. The molecule has 0 aliphatic rings. The maximum absolute atomic E-state index is 13.2. The SMILES string of the molecule is Cc1cc(C(NN)c2cncc(F)c2)cc(C)n1. The number of hydrogen-bond acceptors (Lipinski definition) is 4. The maximum Gasteiger partial charge on any atom is 0.141 e. The summed E-state index contributed by atoms with van der Waals surface area (Å²) >= 11 is 0. The standard InChI is InChI=1S/C13H15FN4/c1-8-3-10(4-9(2)17-8)13(18-15)11-5-12(14)7-16-6-11/h3-7,13,18H,15H2,1-2H3. The highest BCUT2D eigenvalue weighted by molar-refractivity contribution is 5.32. The zero-order chi connectivity index (χ0) is 13.1. The van der Waals surface area contributed by atoms with E-state index in [4.69, 9.17) is 5.84 Å². The molecule has 1 unspecified atom stereocenters. The molecule has 0 amide bonds. The number of nitrogens with zero attached hydrogens (tertiary/aromatic N) is 2.